The van der Waals surface area contributed by atoms with Crippen LogP contribution in [0.3, 0.4) is 0 Å². The standard InChI is InChI=1S/C17H26N4.ClH/c1-14-7-5-6-8-16(14)21-15(9-10-19-21)11-20(4)13-17(2,3)12-18;/h5-10H,11-13,18H2,1-4H3;1H. The number of nitrogens with zero attached hydrogens (tertiary/aromatic N) is 3. The summed E-state index contributed by atoms with van der Waals surface area (Å²) in [4.78, 5) is 2.30. The highest BCUT2D eigenvalue weighted by Gasteiger charge is 2.19. The zero-order valence-electron chi connectivity index (χ0n) is 13.9. The Bertz CT molecular complexity index is 592. The van der Waals surface area contributed by atoms with Gasteiger partial charge in [-0.1, -0.05) is 32.0 Å². The maximum Gasteiger partial charge on any atom is 0.0678 e. The van der Waals surface area contributed by atoms with Crippen LogP contribution in [0.2, 0.25) is 0 Å². The predicted molar refractivity (Wildman–Crippen MR) is 94.7 cm³/mol. The van der Waals surface area contributed by atoms with Gasteiger partial charge in [0.1, 0.15) is 0 Å². The van der Waals surface area contributed by atoms with E-state index in [0.717, 1.165) is 18.8 Å². The van der Waals surface area contributed by atoms with E-state index in [1.54, 1.807) is 0 Å². The van der Waals surface area contributed by atoms with Crippen LogP contribution in [0, 0.1) is 12.3 Å². The minimum atomic E-state index is 0. The lowest BCUT2D eigenvalue weighted by atomic mass is 9.93. The van der Waals surface area contributed by atoms with Crippen molar-refractivity contribution in [3.05, 3.63) is 47.8 Å². The van der Waals surface area contributed by atoms with E-state index in [9.17, 15) is 0 Å². The van der Waals surface area contributed by atoms with Gasteiger partial charge in [0.15, 0.2) is 0 Å². The maximum absolute atomic E-state index is 5.82. The van der Waals surface area contributed by atoms with Crippen molar-refractivity contribution in [2.75, 3.05) is 20.1 Å². The lowest BCUT2D eigenvalue weighted by Gasteiger charge is -2.29. The molecule has 5 heteroatoms. The molecule has 0 radical (unpaired) electrons. The highest BCUT2D eigenvalue weighted by atomic mass is 35.5. The molecule has 122 valence electrons. The van der Waals surface area contributed by atoms with Gasteiger partial charge < -0.3 is 5.73 Å². The van der Waals surface area contributed by atoms with Crippen molar-refractivity contribution in [1.29, 1.82) is 0 Å². The number of halogens is 1. The second-order valence-corrected chi connectivity index (χ2v) is 6.56. The van der Waals surface area contributed by atoms with Crippen LogP contribution in [-0.2, 0) is 6.54 Å². The molecule has 0 aliphatic carbocycles. The highest BCUT2D eigenvalue weighted by molar-refractivity contribution is 5.85. The third-order valence-corrected chi connectivity index (χ3v) is 3.75. The van der Waals surface area contributed by atoms with Crippen molar-refractivity contribution in [1.82, 2.24) is 14.7 Å². The van der Waals surface area contributed by atoms with Crippen LogP contribution in [0.1, 0.15) is 25.1 Å². The van der Waals surface area contributed by atoms with E-state index in [1.807, 2.05) is 10.9 Å². The Kier molecular flexibility index (Phi) is 6.60. The fraction of sp³-hybridized carbons (Fsp3) is 0.471. The molecule has 4 nitrogen and oxygen atoms in total. The first kappa shape index (κ1) is 18.7. The van der Waals surface area contributed by atoms with Gasteiger partial charge in [-0.15, -0.1) is 12.4 Å². The third kappa shape index (κ3) is 4.57. The molecule has 1 aromatic heterocycles. The Morgan fingerprint density at radius 2 is 1.91 bits per heavy atom. The van der Waals surface area contributed by atoms with Crippen LogP contribution < -0.4 is 5.73 Å². The molecule has 1 aromatic carbocycles. The summed E-state index contributed by atoms with van der Waals surface area (Å²) < 4.78 is 2.03. The summed E-state index contributed by atoms with van der Waals surface area (Å²) in [5.41, 5.74) is 9.52. The molecule has 0 unspecified atom stereocenters. The first-order chi connectivity index (χ1) is 9.93. The lowest BCUT2D eigenvalue weighted by Crippen LogP contribution is -2.36. The Labute approximate surface area is 139 Å². The topological polar surface area (TPSA) is 47.1 Å². The molecular formula is C17H27ClN4. The zero-order valence-corrected chi connectivity index (χ0v) is 14.7. The summed E-state index contributed by atoms with van der Waals surface area (Å²) in [5, 5.41) is 4.48. The van der Waals surface area contributed by atoms with E-state index < -0.39 is 0 Å². The van der Waals surface area contributed by atoms with Crippen molar-refractivity contribution in [2.45, 2.75) is 27.3 Å². The molecule has 2 N–H and O–H groups in total. The molecule has 0 bridgehead atoms. The Hall–Kier alpha value is -1.36. The second kappa shape index (κ2) is 7.77. The largest absolute Gasteiger partial charge is 0.330 e. The van der Waals surface area contributed by atoms with Crippen molar-refractivity contribution < 1.29 is 0 Å². The molecule has 22 heavy (non-hydrogen) atoms. The predicted octanol–water partition coefficient (Wildman–Crippen LogP) is 3.02. The smallest absolute Gasteiger partial charge is 0.0678 e. The van der Waals surface area contributed by atoms with Gasteiger partial charge in [0, 0.05) is 19.3 Å². The van der Waals surface area contributed by atoms with Gasteiger partial charge in [-0.25, -0.2) is 4.68 Å². The molecule has 2 aromatic rings. The minimum absolute atomic E-state index is 0. The number of aryl methyl sites for hydroxylation is 1. The SMILES string of the molecule is Cc1ccccc1-n1nccc1CN(C)CC(C)(C)CN.Cl. The van der Waals surface area contributed by atoms with Gasteiger partial charge in [0.2, 0.25) is 0 Å². The second-order valence-electron chi connectivity index (χ2n) is 6.56. The van der Waals surface area contributed by atoms with Crippen LogP contribution in [0.5, 0.6) is 0 Å². The highest BCUT2D eigenvalue weighted by Crippen LogP contribution is 2.18. The third-order valence-electron chi connectivity index (χ3n) is 3.75. The van der Waals surface area contributed by atoms with Crippen LogP contribution in [0.25, 0.3) is 5.69 Å². The number of nitrogens with two attached hydrogens (primary N) is 1. The quantitative estimate of drug-likeness (QED) is 0.889. The zero-order chi connectivity index (χ0) is 15.5. The summed E-state index contributed by atoms with van der Waals surface area (Å²) in [7, 11) is 2.13. The molecule has 0 fully saturated rings. The average Bonchev–Trinajstić information content (AvgIpc) is 2.86. The molecule has 0 saturated heterocycles. The summed E-state index contributed by atoms with van der Waals surface area (Å²) in [6.45, 7) is 9.01. The number of aromatic nitrogens is 2. The van der Waals surface area contributed by atoms with Crippen molar-refractivity contribution in [3.8, 4) is 5.69 Å². The average molecular weight is 323 g/mol. The van der Waals surface area contributed by atoms with Gasteiger partial charge >= 0.3 is 0 Å². The normalized spacial score (nSPS) is 11.5. The van der Waals surface area contributed by atoms with Crippen molar-refractivity contribution >= 4 is 12.4 Å². The van der Waals surface area contributed by atoms with Gasteiger partial charge in [-0.05, 0) is 43.6 Å². The minimum Gasteiger partial charge on any atom is -0.330 e. The Balaban J connectivity index is 0.00000242. The summed E-state index contributed by atoms with van der Waals surface area (Å²) in [6, 6.07) is 10.4. The van der Waals surface area contributed by atoms with Gasteiger partial charge in [-0.3, -0.25) is 4.90 Å². The van der Waals surface area contributed by atoms with E-state index in [4.69, 9.17) is 5.73 Å². The van der Waals surface area contributed by atoms with E-state index in [-0.39, 0.29) is 17.8 Å². The number of hydrogen-bond donors (Lipinski definition) is 1. The molecule has 0 atom stereocenters. The van der Waals surface area contributed by atoms with Crippen LogP contribution >= 0.6 is 12.4 Å². The monoisotopic (exact) mass is 322 g/mol. The summed E-state index contributed by atoms with van der Waals surface area (Å²) >= 11 is 0. The number of benzene rings is 1. The molecule has 0 saturated carbocycles. The van der Waals surface area contributed by atoms with E-state index in [1.165, 1.54) is 11.3 Å². The Morgan fingerprint density at radius 1 is 1.23 bits per heavy atom. The molecule has 0 amide bonds. The molecule has 2 rings (SSSR count). The molecule has 0 aliphatic heterocycles. The number of para-hydroxylation sites is 1. The fourth-order valence-electron chi connectivity index (χ4n) is 2.60. The molecular weight excluding hydrogens is 296 g/mol. The van der Waals surface area contributed by atoms with Gasteiger partial charge in [0.25, 0.3) is 0 Å². The maximum atomic E-state index is 5.82. The Morgan fingerprint density at radius 3 is 2.55 bits per heavy atom. The first-order valence-corrected chi connectivity index (χ1v) is 7.40. The van der Waals surface area contributed by atoms with Crippen molar-refractivity contribution in [3.63, 3.8) is 0 Å². The van der Waals surface area contributed by atoms with Crippen LogP contribution in [0.4, 0.5) is 0 Å². The van der Waals surface area contributed by atoms with Gasteiger partial charge in [0.05, 0.1) is 11.4 Å². The molecule has 1 heterocycles. The van der Waals surface area contributed by atoms with Gasteiger partial charge in [-0.2, -0.15) is 5.10 Å². The first-order valence-electron chi connectivity index (χ1n) is 7.40. The molecule has 0 spiro atoms. The number of hydrogen-bond acceptors (Lipinski definition) is 3. The fourth-order valence-corrected chi connectivity index (χ4v) is 2.60. The van der Waals surface area contributed by atoms with E-state index in [0.29, 0.717) is 6.54 Å². The van der Waals surface area contributed by atoms with Crippen LogP contribution in [0.15, 0.2) is 36.5 Å². The van der Waals surface area contributed by atoms with Crippen LogP contribution in [-0.4, -0.2) is 34.8 Å². The van der Waals surface area contributed by atoms with E-state index >= 15 is 0 Å². The summed E-state index contributed by atoms with van der Waals surface area (Å²) in [5.74, 6) is 0. The van der Waals surface area contributed by atoms with E-state index in [2.05, 4.69) is 68.1 Å². The number of rotatable bonds is 6. The van der Waals surface area contributed by atoms with Crippen molar-refractivity contribution in [2.24, 2.45) is 11.1 Å². The summed E-state index contributed by atoms with van der Waals surface area (Å²) in [6.07, 6.45) is 1.86. The lowest BCUT2D eigenvalue weighted by molar-refractivity contribution is 0.207. The molecule has 0 aliphatic rings.